The first-order valence-electron chi connectivity index (χ1n) is 9.23. The Morgan fingerprint density at radius 1 is 1.07 bits per heavy atom. The molecule has 12 nitrogen and oxygen atoms in total. The molecule has 3 rings (SSSR count). The average Bonchev–Trinajstić information content (AvgIpc) is 2.90. The summed E-state index contributed by atoms with van der Waals surface area (Å²) in [6, 6.07) is -0.261. The van der Waals surface area contributed by atoms with E-state index >= 15 is 0 Å². The van der Waals surface area contributed by atoms with Crippen molar-refractivity contribution >= 4 is 17.9 Å². The molecular formula is C18H22N2O10. The monoisotopic (exact) mass is 426 g/mol. The van der Waals surface area contributed by atoms with Crippen molar-refractivity contribution in [2.24, 2.45) is 0 Å². The third-order valence-corrected chi connectivity index (χ3v) is 4.68. The van der Waals surface area contributed by atoms with Gasteiger partial charge < -0.3 is 23.7 Å². The van der Waals surface area contributed by atoms with Gasteiger partial charge in [-0.05, 0) is 0 Å². The van der Waals surface area contributed by atoms with Gasteiger partial charge in [-0.25, -0.2) is 4.79 Å². The molecule has 2 aliphatic rings. The largest absolute Gasteiger partial charge is 0.463 e. The molecule has 2 aliphatic heterocycles. The van der Waals surface area contributed by atoms with E-state index in [1.54, 1.807) is 0 Å². The van der Waals surface area contributed by atoms with Gasteiger partial charge in [-0.1, -0.05) is 0 Å². The summed E-state index contributed by atoms with van der Waals surface area (Å²) < 4.78 is 27.8. The molecule has 0 aliphatic carbocycles. The van der Waals surface area contributed by atoms with E-state index in [0.29, 0.717) is 13.2 Å². The molecule has 3 heterocycles. The third kappa shape index (κ3) is 4.60. The van der Waals surface area contributed by atoms with Gasteiger partial charge in [0.15, 0.2) is 12.2 Å². The van der Waals surface area contributed by atoms with Gasteiger partial charge >= 0.3 is 23.6 Å². The van der Waals surface area contributed by atoms with Crippen LogP contribution in [0.2, 0.25) is 0 Å². The lowest BCUT2D eigenvalue weighted by Gasteiger charge is -2.28. The molecule has 2 saturated heterocycles. The van der Waals surface area contributed by atoms with E-state index in [1.165, 1.54) is 17.7 Å². The molecule has 2 unspecified atom stereocenters. The quantitative estimate of drug-likeness (QED) is 0.441. The fourth-order valence-corrected chi connectivity index (χ4v) is 3.32. The van der Waals surface area contributed by atoms with Crippen LogP contribution in [0.15, 0.2) is 15.8 Å². The topological polar surface area (TPSA) is 152 Å². The maximum atomic E-state index is 12.5. The van der Waals surface area contributed by atoms with Gasteiger partial charge in [0.1, 0.15) is 18.8 Å². The minimum atomic E-state index is -1.20. The Morgan fingerprint density at radius 2 is 1.70 bits per heavy atom. The van der Waals surface area contributed by atoms with E-state index in [-0.39, 0.29) is 18.2 Å². The van der Waals surface area contributed by atoms with Crippen LogP contribution in [0.25, 0.3) is 0 Å². The highest BCUT2D eigenvalue weighted by Gasteiger charge is 2.51. The third-order valence-electron chi connectivity index (χ3n) is 4.68. The predicted octanol–water partition coefficient (Wildman–Crippen LogP) is -1.03. The molecule has 0 amide bonds. The first-order valence-corrected chi connectivity index (χ1v) is 9.23. The van der Waals surface area contributed by atoms with Crippen molar-refractivity contribution in [3.8, 4) is 0 Å². The molecule has 2 fully saturated rings. The molecule has 12 heteroatoms. The molecular weight excluding hydrogens is 404 g/mol. The van der Waals surface area contributed by atoms with Gasteiger partial charge in [-0.3, -0.25) is 28.7 Å². The van der Waals surface area contributed by atoms with Crippen LogP contribution in [0, 0.1) is 0 Å². The summed E-state index contributed by atoms with van der Waals surface area (Å²) in [5.41, 5.74) is -1.37. The van der Waals surface area contributed by atoms with Crippen molar-refractivity contribution in [3.63, 3.8) is 0 Å². The molecule has 30 heavy (non-hydrogen) atoms. The molecule has 0 bridgehead atoms. The Hall–Kier alpha value is -2.99. The summed E-state index contributed by atoms with van der Waals surface area (Å²) in [5.74, 6) is -1.97. The Kier molecular flexibility index (Phi) is 6.37. The molecule has 0 saturated carbocycles. The normalized spacial score (nSPS) is 26.0. The standard InChI is InChI=1S/C18H22N2O10/c1-8(21)27-7-13-15(28-9(2)22)16(29-10(3)23)14(30-13)12-4-20(11-5-26-6-11)18(25)19-17(12)24/h4,11,13-16H,5-7H2,1-3H3,(H,19,24,25)/t13-,14+,15?,16?/m1/s1. The van der Waals surface area contributed by atoms with E-state index in [9.17, 15) is 24.0 Å². The second-order valence-corrected chi connectivity index (χ2v) is 6.99. The summed E-state index contributed by atoms with van der Waals surface area (Å²) in [4.78, 5) is 61.4. The number of aromatic nitrogens is 2. The van der Waals surface area contributed by atoms with Crippen molar-refractivity contribution in [2.45, 2.75) is 51.2 Å². The van der Waals surface area contributed by atoms with Crippen molar-refractivity contribution in [3.05, 3.63) is 32.6 Å². The molecule has 0 spiro atoms. The lowest BCUT2D eigenvalue weighted by Crippen LogP contribution is -2.43. The Balaban J connectivity index is 2.01. The second-order valence-electron chi connectivity index (χ2n) is 6.99. The molecule has 0 radical (unpaired) electrons. The average molecular weight is 426 g/mol. The van der Waals surface area contributed by atoms with Crippen LogP contribution in [-0.4, -0.2) is 65.6 Å². The first-order chi connectivity index (χ1) is 14.2. The van der Waals surface area contributed by atoms with Gasteiger partial charge in [0.05, 0.1) is 24.8 Å². The predicted molar refractivity (Wildman–Crippen MR) is 96.5 cm³/mol. The maximum absolute atomic E-state index is 12.5. The first kappa shape index (κ1) is 21.7. The highest BCUT2D eigenvalue weighted by Crippen LogP contribution is 2.36. The number of carbonyl (C=O) groups is 3. The summed E-state index contributed by atoms with van der Waals surface area (Å²) in [6.07, 6.45) is -3.19. The van der Waals surface area contributed by atoms with Gasteiger partial charge in [0, 0.05) is 27.0 Å². The second kappa shape index (κ2) is 8.79. The number of nitrogens with zero attached hydrogens (tertiary/aromatic N) is 1. The molecule has 4 atom stereocenters. The van der Waals surface area contributed by atoms with Crippen LogP contribution in [0.4, 0.5) is 0 Å². The number of rotatable bonds is 6. The number of nitrogens with one attached hydrogen (secondary N) is 1. The molecule has 164 valence electrons. The summed E-state index contributed by atoms with van der Waals surface area (Å²) in [5, 5.41) is 0. The molecule has 1 aromatic rings. The smallest absolute Gasteiger partial charge is 0.328 e. The number of H-pyrrole nitrogens is 1. The minimum absolute atomic E-state index is 0.00442. The highest BCUT2D eigenvalue weighted by molar-refractivity contribution is 5.68. The Bertz CT molecular complexity index is 947. The van der Waals surface area contributed by atoms with Crippen molar-refractivity contribution < 1.29 is 38.1 Å². The van der Waals surface area contributed by atoms with Crippen LogP contribution in [-0.2, 0) is 38.1 Å². The lowest BCUT2D eigenvalue weighted by atomic mass is 10.0. The zero-order valence-electron chi connectivity index (χ0n) is 16.6. The van der Waals surface area contributed by atoms with Gasteiger partial charge in [-0.15, -0.1) is 0 Å². The number of hydrogen-bond acceptors (Lipinski definition) is 10. The zero-order valence-corrected chi connectivity index (χ0v) is 16.6. The van der Waals surface area contributed by atoms with Crippen LogP contribution in [0.1, 0.15) is 38.5 Å². The number of carbonyl (C=O) groups excluding carboxylic acids is 3. The van der Waals surface area contributed by atoms with E-state index in [1.807, 2.05) is 0 Å². The lowest BCUT2D eigenvalue weighted by molar-refractivity contribution is -0.165. The van der Waals surface area contributed by atoms with Crippen LogP contribution >= 0.6 is 0 Å². The molecule has 0 aromatic carbocycles. The molecule has 1 N–H and O–H groups in total. The zero-order chi connectivity index (χ0) is 22.0. The number of ether oxygens (including phenoxy) is 5. The van der Waals surface area contributed by atoms with E-state index in [0.717, 1.165) is 13.8 Å². The fourth-order valence-electron chi connectivity index (χ4n) is 3.32. The fraction of sp³-hybridized carbons (Fsp3) is 0.611. The van der Waals surface area contributed by atoms with Crippen LogP contribution < -0.4 is 11.2 Å². The van der Waals surface area contributed by atoms with Crippen molar-refractivity contribution in [1.82, 2.24) is 9.55 Å². The van der Waals surface area contributed by atoms with Gasteiger partial charge in [0.2, 0.25) is 0 Å². The highest BCUT2D eigenvalue weighted by atomic mass is 16.6. The van der Waals surface area contributed by atoms with Crippen LogP contribution in [0.5, 0.6) is 0 Å². The van der Waals surface area contributed by atoms with E-state index in [2.05, 4.69) is 4.98 Å². The Morgan fingerprint density at radius 3 is 2.23 bits per heavy atom. The van der Waals surface area contributed by atoms with Gasteiger partial charge in [-0.2, -0.15) is 0 Å². The summed E-state index contributed by atoms with van der Waals surface area (Å²) >= 11 is 0. The van der Waals surface area contributed by atoms with E-state index in [4.69, 9.17) is 23.7 Å². The Labute approximate surface area is 170 Å². The number of aromatic amines is 1. The summed E-state index contributed by atoms with van der Waals surface area (Å²) in [6.45, 7) is 3.81. The van der Waals surface area contributed by atoms with Crippen LogP contribution in [0.3, 0.4) is 0 Å². The number of esters is 3. The minimum Gasteiger partial charge on any atom is -0.463 e. The van der Waals surface area contributed by atoms with Gasteiger partial charge in [0.25, 0.3) is 5.56 Å². The number of hydrogen-bond donors (Lipinski definition) is 1. The van der Waals surface area contributed by atoms with Crippen molar-refractivity contribution in [2.75, 3.05) is 19.8 Å². The SMILES string of the molecule is CC(=O)OC[C@H]1O[C@@H](c2cn(C3COC3)c(=O)[nH]c2=O)C(OC(C)=O)C1OC(C)=O. The summed E-state index contributed by atoms with van der Waals surface area (Å²) in [7, 11) is 0. The van der Waals surface area contributed by atoms with Crippen molar-refractivity contribution in [1.29, 1.82) is 0 Å². The molecule has 1 aromatic heterocycles. The maximum Gasteiger partial charge on any atom is 0.328 e. The van der Waals surface area contributed by atoms with E-state index < -0.39 is 53.6 Å².